The molecule has 0 amide bonds. The van der Waals surface area contributed by atoms with E-state index in [0.29, 0.717) is 18.5 Å². The number of aryl methyl sites for hydroxylation is 1. The zero-order chi connectivity index (χ0) is 16.3. The maximum absolute atomic E-state index is 12.6. The number of nitro groups is 1. The normalized spacial score (nSPS) is 21.0. The molecule has 0 aliphatic heterocycles. The van der Waals surface area contributed by atoms with Gasteiger partial charge in [0.05, 0.1) is 9.82 Å². The number of hydrogen-bond donors (Lipinski definition) is 2. The average molecular weight is 364 g/mol. The molecular weight excluding hydrogens is 342 g/mol. The van der Waals surface area contributed by atoms with E-state index in [4.69, 9.17) is 5.73 Å². The number of hydrogen-bond acceptors (Lipinski definition) is 5. The first-order chi connectivity index (χ1) is 10.4. The standard InChI is InChI=1S/C14H21N3O4S.ClH/c1-2-10-6-7-12(17(18)19)8-14(10)22(20,21)16-13-5-3-4-11(13)9-15;/h6-8,11,13,16H,2-5,9,15H2,1H3;1H. The van der Waals surface area contributed by atoms with Gasteiger partial charge in [0, 0.05) is 18.2 Å². The van der Waals surface area contributed by atoms with Gasteiger partial charge in [0.15, 0.2) is 0 Å². The summed E-state index contributed by atoms with van der Waals surface area (Å²) in [6, 6.07) is 3.77. The van der Waals surface area contributed by atoms with Gasteiger partial charge in [-0.2, -0.15) is 0 Å². The number of non-ortho nitro benzene ring substituents is 1. The van der Waals surface area contributed by atoms with Crippen molar-refractivity contribution in [1.82, 2.24) is 4.72 Å². The lowest BCUT2D eigenvalue weighted by molar-refractivity contribution is -0.385. The Bertz CT molecular complexity index is 666. The maximum atomic E-state index is 12.6. The molecule has 0 saturated heterocycles. The molecule has 3 N–H and O–H groups in total. The molecule has 1 fully saturated rings. The van der Waals surface area contributed by atoms with Crippen molar-refractivity contribution in [2.24, 2.45) is 11.7 Å². The Labute approximate surface area is 142 Å². The predicted octanol–water partition coefficient (Wildman–Crippen LogP) is 1.98. The summed E-state index contributed by atoms with van der Waals surface area (Å²) in [5, 5.41) is 10.9. The SMILES string of the molecule is CCc1ccc([N+](=O)[O-])cc1S(=O)(=O)NC1CCCC1CN.Cl. The molecule has 130 valence electrons. The molecular formula is C14H22ClN3O4S. The van der Waals surface area contributed by atoms with Crippen LogP contribution in [-0.2, 0) is 16.4 Å². The van der Waals surface area contributed by atoms with Crippen LogP contribution in [0.3, 0.4) is 0 Å². The number of nitrogens with two attached hydrogens (primary N) is 1. The highest BCUT2D eigenvalue weighted by Gasteiger charge is 2.31. The molecule has 9 heteroatoms. The number of nitro benzene ring substituents is 1. The van der Waals surface area contributed by atoms with Crippen molar-refractivity contribution < 1.29 is 13.3 Å². The third-order valence-electron chi connectivity index (χ3n) is 4.20. The van der Waals surface area contributed by atoms with Crippen LogP contribution in [0.2, 0.25) is 0 Å². The van der Waals surface area contributed by atoms with E-state index in [-0.39, 0.29) is 34.9 Å². The molecule has 1 aromatic carbocycles. The van der Waals surface area contributed by atoms with Gasteiger partial charge >= 0.3 is 0 Å². The fourth-order valence-electron chi connectivity index (χ4n) is 2.94. The molecule has 23 heavy (non-hydrogen) atoms. The van der Waals surface area contributed by atoms with Crippen LogP contribution in [-0.4, -0.2) is 25.9 Å². The number of sulfonamides is 1. The lowest BCUT2D eigenvalue weighted by Crippen LogP contribution is -2.40. The van der Waals surface area contributed by atoms with Gasteiger partial charge in [-0.1, -0.05) is 19.4 Å². The molecule has 1 aliphatic rings. The Kier molecular flexibility index (Phi) is 6.94. The van der Waals surface area contributed by atoms with E-state index in [0.717, 1.165) is 25.3 Å². The Morgan fingerprint density at radius 3 is 2.65 bits per heavy atom. The number of nitrogens with one attached hydrogen (secondary N) is 1. The van der Waals surface area contributed by atoms with Crippen LogP contribution in [0, 0.1) is 16.0 Å². The lowest BCUT2D eigenvalue weighted by atomic mass is 10.1. The minimum atomic E-state index is -3.80. The van der Waals surface area contributed by atoms with Crippen molar-refractivity contribution in [3.05, 3.63) is 33.9 Å². The Hall–Kier alpha value is -1.22. The van der Waals surface area contributed by atoms with E-state index < -0.39 is 14.9 Å². The highest BCUT2D eigenvalue weighted by molar-refractivity contribution is 7.89. The third-order valence-corrected chi connectivity index (χ3v) is 5.77. The number of halogens is 1. The molecule has 2 atom stereocenters. The fraction of sp³-hybridized carbons (Fsp3) is 0.571. The number of rotatable bonds is 6. The smallest absolute Gasteiger partial charge is 0.270 e. The summed E-state index contributed by atoms with van der Waals surface area (Å²) in [4.78, 5) is 10.3. The van der Waals surface area contributed by atoms with Crippen LogP contribution >= 0.6 is 12.4 Å². The minimum absolute atomic E-state index is 0. The summed E-state index contributed by atoms with van der Waals surface area (Å²) in [5.74, 6) is 0.124. The van der Waals surface area contributed by atoms with Crippen molar-refractivity contribution in [2.75, 3.05) is 6.54 Å². The van der Waals surface area contributed by atoms with Crippen molar-refractivity contribution in [2.45, 2.75) is 43.5 Å². The van der Waals surface area contributed by atoms with Crippen LogP contribution in [0.5, 0.6) is 0 Å². The molecule has 0 spiro atoms. The van der Waals surface area contributed by atoms with E-state index in [1.165, 1.54) is 12.1 Å². The first-order valence-electron chi connectivity index (χ1n) is 7.38. The van der Waals surface area contributed by atoms with Gasteiger partial charge < -0.3 is 5.73 Å². The van der Waals surface area contributed by atoms with E-state index in [9.17, 15) is 18.5 Å². The molecule has 0 heterocycles. The zero-order valence-corrected chi connectivity index (χ0v) is 14.5. The van der Waals surface area contributed by atoms with Gasteiger partial charge in [-0.15, -0.1) is 12.4 Å². The van der Waals surface area contributed by atoms with Crippen molar-refractivity contribution >= 4 is 28.1 Å². The lowest BCUT2D eigenvalue weighted by Gasteiger charge is -2.20. The van der Waals surface area contributed by atoms with Gasteiger partial charge in [0.1, 0.15) is 0 Å². The summed E-state index contributed by atoms with van der Waals surface area (Å²) in [6.07, 6.45) is 3.07. The van der Waals surface area contributed by atoms with E-state index >= 15 is 0 Å². The van der Waals surface area contributed by atoms with Crippen LogP contribution in [0.15, 0.2) is 23.1 Å². The van der Waals surface area contributed by atoms with Crippen molar-refractivity contribution in [3.63, 3.8) is 0 Å². The predicted molar refractivity (Wildman–Crippen MR) is 90.2 cm³/mol. The van der Waals surface area contributed by atoms with Crippen molar-refractivity contribution in [1.29, 1.82) is 0 Å². The molecule has 0 radical (unpaired) electrons. The minimum Gasteiger partial charge on any atom is -0.330 e. The zero-order valence-electron chi connectivity index (χ0n) is 12.9. The molecule has 1 aliphatic carbocycles. The first kappa shape index (κ1) is 19.8. The van der Waals surface area contributed by atoms with Gasteiger partial charge in [-0.05, 0) is 37.3 Å². The second-order valence-electron chi connectivity index (χ2n) is 5.56. The van der Waals surface area contributed by atoms with E-state index in [2.05, 4.69) is 4.72 Å². The first-order valence-corrected chi connectivity index (χ1v) is 8.87. The molecule has 1 saturated carbocycles. The highest BCUT2D eigenvalue weighted by atomic mass is 35.5. The summed E-state index contributed by atoms with van der Waals surface area (Å²) in [6.45, 7) is 2.25. The van der Waals surface area contributed by atoms with Crippen LogP contribution in [0.1, 0.15) is 31.7 Å². The second kappa shape index (κ2) is 8.05. The molecule has 7 nitrogen and oxygen atoms in total. The highest BCUT2D eigenvalue weighted by Crippen LogP contribution is 2.28. The van der Waals surface area contributed by atoms with Gasteiger partial charge in [-0.3, -0.25) is 10.1 Å². The van der Waals surface area contributed by atoms with Crippen LogP contribution in [0.4, 0.5) is 5.69 Å². The monoisotopic (exact) mass is 363 g/mol. The summed E-state index contributed by atoms with van der Waals surface area (Å²) in [5.41, 5.74) is 6.02. The summed E-state index contributed by atoms with van der Waals surface area (Å²) in [7, 11) is -3.80. The van der Waals surface area contributed by atoms with Gasteiger partial charge in [0.2, 0.25) is 10.0 Å². The topological polar surface area (TPSA) is 115 Å². The molecule has 0 bridgehead atoms. The fourth-order valence-corrected chi connectivity index (χ4v) is 4.61. The summed E-state index contributed by atoms with van der Waals surface area (Å²) < 4.78 is 27.9. The van der Waals surface area contributed by atoms with Crippen LogP contribution in [0.25, 0.3) is 0 Å². The van der Waals surface area contributed by atoms with Crippen LogP contribution < -0.4 is 10.5 Å². The Morgan fingerprint density at radius 2 is 2.09 bits per heavy atom. The van der Waals surface area contributed by atoms with Crippen molar-refractivity contribution in [3.8, 4) is 0 Å². The quantitative estimate of drug-likeness (QED) is 0.592. The maximum Gasteiger partial charge on any atom is 0.270 e. The second-order valence-corrected chi connectivity index (χ2v) is 7.24. The van der Waals surface area contributed by atoms with E-state index in [1.807, 2.05) is 6.92 Å². The molecule has 2 rings (SSSR count). The number of benzene rings is 1. The average Bonchev–Trinajstić information content (AvgIpc) is 2.92. The Balaban J connectivity index is 0.00000264. The number of nitrogens with zero attached hydrogens (tertiary/aromatic N) is 1. The van der Waals surface area contributed by atoms with Gasteiger partial charge in [-0.25, -0.2) is 13.1 Å². The third kappa shape index (κ3) is 4.41. The largest absolute Gasteiger partial charge is 0.330 e. The molecule has 1 aromatic rings. The molecule has 0 aromatic heterocycles. The molecule has 2 unspecified atom stereocenters. The Morgan fingerprint density at radius 1 is 1.39 bits per heavy atom. The van der Waals surface area contributed by atoms with Gasteiger partial charge in [0.25, 0.3) is 5.69 Å². The van der Waals surface area contributed by atoms with E-state index in [1.54, 1.807) is 0 Å². The summed E-state index contributed by atoms with van der Waals surface area (Å²) >= 11 is 0.